The fourth-order valence-electron chi connectivity index (χ4n) is 5.08. The summed E-state index contributed by atoms with van der Waals surface area (Å²) in [5.74, 6) is -0.533. The van der Waals surface area contributed by atoms with E-state index in [1.165, 1.54) is 6.92 Å². The first-order valence-electron chi connectivity index (χ1n) is 13.5. The number of carbonyl (C=O) groups excluding carboxylic acids is 1. The Kier molecular flexibility index (Phi) is 7.85. The van der Waals surface area contributed by atoms with Crippen molar-refractivity contribution in [3.63, 3.8) is 0 Å². The molecule has 0 saturated carbocycles. The third-order valence-corrected chi connectivity index (χ3v) is 7.64. The van der Waals surface area contributed by atoms with E-state index in [1.54, 1.807) is 46.0 Å². The highest BCUT2D eigenvalue weighted by Crippen LogP contribution is 2.37. The highest BCUT2D eigenvalue weighted by molar-refractivity contribution is 6.05. The monoisotopic (exact) mass is 566 g/mol. The number of rotatable bonds is 8. The lowest BCUT2D eigenvalue weighted by Crippen LogP contribution is -2.26. The minimum absolute atomic E-state index is 0.0637. The highest BCUT2D eigenvalue weighted by Gasteiger charge is 2.34. The Morgan fingerprint density at radius 1 is 1.07 bits per heavy atom. The van der Waals surface area contributed by atoms with Gasteiger partial charge in [0.2, 0.25) is 0 Å². The van der Waals surface area contributed by atoms with Gasteiger partial charge in [-0.25, -0.2) is 4.68 Å². The van der Waals surface area contributed by atoms with Gasteiger partial charge in [0.15, 0.2) is 0 Å². The zero-order valence-electron chi connectivity index (χ0n) is 23.5. The summed E-state index contributed by atoms with van der Waals surface area (Å²) in [6.07, 6.45) is 1.19. The minimum Gasteiger partial charge on any atom is -0.383 e. The van der Waals surface area contributed by atoms with Crippen LogP contribution in [0.4, 0.5) is 24.5 Å². The van der Waals surface area contributed by atoms with Crippen molar-refractivity contribution in [2.45, 2.75) is 39.8 Å². The number of hydrogen-bond acceptors (Lipinski definition) is 6. The molecule has 0 bridgehead atoms. The summed E-state index contributed by atoms with van der Waals surface area (Å²) in [5.41, 5.74) is 3.88. The molecule has 9 nitrogen and oxygen atoms in total. The lowest BCUT2D eigenvalue weighted by molar-refractivity contribution is -0.138. The number of likely N-dealkylation sites (tertiary alicyclic amines) is 1. The number of anilines is 2. The molecule has 0 unspecified atom stereocenters. The molecule has 0 aliphatic carbocycles. The number of amides is 1. The Morgan fingerprint density at radius 2 is 1.83 bits per heavy atom. The normalized spacial score (nSPS) is 14.0. The number of nitrogens with zero attached hydrogens (tertiary/aromatic N) is 6. The first-order valence-corrected chi connectivity index (χ1v) is 13.5. The Balaban J connectivity index is 1.38. The van der Waals surface area contributed by atoms with Crippen molar-refractivity contribution in [1.29, 1.82) is 0 Å². The molecule has 4 aromatic rings. The summed E-state index contributed by atoms with van der Waals surface area (Å²) in [6, 6.07) is 7.58. The summed E-state index contributed by atoms with van der Waals surface area (Å²) in [5, 5.41) is 18.6. The van der Waals surface area contributed by atoms with Crippen molar-refractivity contribution in [3.8, 4) is 16.9 Å². The maximum Gasteiger partial charge on any atom is 0.416 e. The maximum atomic E-state index is 13.9. The molecule has 216 valence electrons. The van der Waals surface area contributed by atoms with Crippen LogP contribution in [0, 0.1) is 20.8 Å². The second kappa shape index (κ2) is 11.4. The number of aryl methyl sites for hydroxylation is 2. The minimum atomic E-state index is -4.56. The van der Waals surface area contributed by atoms with Gasteiger partial charge in [0.25, 0.3) is 5.91 Å². The van der Waals surface area contributed by atoms with E-state index >= 15 is 0 Å². The molecule has 2 aromatic carbocycles. The molecule has 2 aromatic heterocycles. The van der Waals surface area contributed by atoms with Gasteiger partial charge in [0.05, 0.1) is 23.6 Å². The van der Waals surface area contributed by atoms with E-state index in [2.05, 4.69) is 30.9 Å². The lowest BCUT2D eigenvalue weighted by Gasteiger charge is -2.20. The van der Waals surface area contributed by atoms with Crippen LogP contribution < -0.4 is 10.6 Å². The van der Waals surface area contributed by atoms with Gasteiger partial charge in [-0.15, -0.1) is 5.10 Å². The van der Waals surface area contributed by atoms with E-state index in [9.17, 15) is 18.0 Å². The lowest BCUT2D eigenvalue weighted by atomic mass is 10.0. The molecule has 1 fully saturated rings. The van der Waals surface area contributed by atoms with Gasteiger partial charge in [-0.05, 0) is 82.1 Å². The summed E-state index contributed by atoms with van der Waals surface area (Å²) in [4.78, 5) is 15.5. The molecule has 1 saturated heterocycles. The van der Waals surface area contributed by atoms with Gasteiger partial charge in [-0.1, -0.05) is 11.3 Å². The number of halogens is 3. The number of benzene rings is 2. The van der Waals surface area contributed by atoms with Crippen LogP contribution in [0.3, 0.4) is 0 Å². The Hall–Kier alpha value is -4.19. The Labute approximate surface area is 236 Å². The van der Waals surface area contributed by atoms with E-state index in [4.69, 9.17) is 0 Å². The van der Waals surface area contributed by atoms with Crippen molar-refractivity contribution in [3.05, 3.63) is 70.7 Å². The predicted molar refractivity (Wildman–Crippen MR) is 151 cm³/mol. The van der Waals surface area contributed by atoms with Gasteiger partial charge in [-0.3, -0.25) is 9.48 Å². The summed E-state index contributed by atoms with van der Waals surface area (Å²) in [7, 11) is 1.84. The third-order valence-electron chi connectivity index (χ3n) is 7.64. The molecule has 3 heterocycles. The molecule has 1 aliphatic heterocycles. The molecule has 41 heavy (non-hydrogen) atoms. The average molecular weight is 567 g/mol. The van der Waals surface area contributed by atoms with Crippen LogP contribution >= 0.6 is 0 Å². The van der Waals surface area contributed by atoms with Crippen LogP contribution in [0.1, 0.15) is 45.6 Å². The van der Waals surface area contributed by atoms with Crippen molar-refractivity contribution in [2.24, 2.45) is 7.05 Å². The largest absolute Gasteiger partial charge is 0.416 e. The number of carbonyl (C=O) groups is 1. The van der Waals surface area contributed by atoms with Crippen LogP contribution in [0.25, 0.3) is 16.9 Å². The average Bonchev–Trinajstić information content (AvgIpc) is 3.68. The second-order valence-corrected chi connectivity index (χ2v) is 10.4. The van der Waals surface area contributed by atoms with Gasteiger partial charge in [-0.2, -0.15) is 18.3 Å². The van der Waals surface area contributed by atoms with Crippen molar-refractivity contribution in [2.75, 3.05) is 36.8 Å². The number of hydrogen-bond donors (Lipinski definition) is 2. The predicted octanol–water partition coefficient (Wildman–Crippen LogP) is 5.37. The first-order chi connectivity index (χ1) is 19.5. The molecule has 12 heteroatoms. The number of nitrogens with one attached hydrogen (secondary N) is 2. The van der Waals surface area contributed by atoms with Gasteiger partial charge in [0.1, 0.15) is 5.69 Å². The molecule has 0 spiro atoms. The smallest absolute Gasteiger partial charge is 0.383 e. The molecular weight excluding hydrogens is 533 g/mol. The summed E-state index contributed by atoms with van der Waals surface area (Å²) < 4.78 is 45.0. The van der Waals surface area contributed by atoms with Crippen molar-refractivity contribution < 1.29 is 18.0 Å². The van der Waals surface area contributed by atoms with Gasteiger partial charge in [0, 0.05) is 48.3 Å². The Morgan fingerprint density at radius 3 is 2.51 bits per heavy atom. The summed E-state index contributed by atoms with van der Waals surface area (Å²) >= 11 is 0. The van der Waals surface area contributed by atoms with E-state index in [-0.39, 0.29) is 16.8 Å². The third kappa shape index (κ3) is 6.12. The fraction of sp³-hybridized carbons (Fsp3) is 0.379. The second-order valence-electron chi connectivity index (χ2n) is 10.4. The van der Waals surface area contributed by atoms with E-state index in [0.717, 1.165) is 55.4 Å². The SMILES string of the molecule is Cc1ccc(C(=O)Nc2cc(NCCN3CCCC3)c(C)c(C(F)(F)F)c2)cc1-n1cc(-c2cnn(C)c2C)nn1. The number of aromatic nitrogens is 5. The van der Waals surface area contributed by atoms with E-state index in [1.807, 2.05) is 20.9 Å². The zero-order valence-corrected chi connectivity index (χ0v) is 23.5. The molecule has 1 aliphatic rings. The first kappa shape index (κ1) is 28.3. The zero-order chi connectivity index (χ0) is 29.3. The van der Waals surface area contributed by atoms with Gasteiger partial charge >= 0.3 is 6.18 Å². The molecule has 1 amide bonds. The quantitative estimate of drug-likeness (QED) is 0.298. The fourth-order valence-corrected chi connectivity index (χ4v) is 5.08. The molecule has 0 radical (unpaired) electrons. The van der Waals surface area contributed by atoms with Crippen molar-refractivity contribution in [1.82, 2.24) is 29.7 Å². The summed E-state index contributed by atoms with van der Waals surface area (Å²) in [6.45, 7) is 8.51. The van der Waals surface area contributed by atoms with Crippen LogP contribution in [0.15, 0.2) is 42.7 Å². The van der Waals surface area contributed by atoms with Crippen LogP contribution in [-0.4, -0.2) is 61.8 Å². The molecule has 5 rings (SSSR count). The van der Waals surface area contributed by atoms with Crippen LogP contribution in [-0.2, 0) is 13.2 Å². The standard InChI is InChI=1S/C29H33F3N8O/c1-18-7-8-21(13-27(18)40-17-26(36-37-40)23-16-34-38(4)20(23)3)28(41)35-22-14-24(29(30,31)32)19(2)25(15-22)33-9-12-39-10-5-6-11-39/h7-8,13-17,33H,5-6,9-12H2,1-4H3,(H,35,41). The van der Waals surface area contributed by atoms with Crippen molar-refractivity contribution >= 4 is 17.3 Å². The Bertz CT molecular complexity index is 1570. The number of alkyl halides is 3. The molecular formula is C29H33F3N8O. The maximum absolute atomic E-state index is 13.9. The molecule has 2 N–H and O–H groups in total. The topological polar surface area (TPSA) is 92.9 Å². The van der Waals surface area contributed by atoms with Crippen LogP contribution in [0.5, 0.6) is 0 Å². The van der Waals surface area contributed by atoms with E-state index in [0.29, 0.717) is 23.6 Å². The highest BCUT2D eigenvalue weighted by atomic mass is 19.4. The van der Waals surface area contributed by atoms with Crippen LogP contribution in [0.2, 0.25) is 0 Å². The molecule has 0 atom stereocenters. The van der Waals surface area contributed by atoms with Gasteiger partial charge < -0.3 is 15.5 Å². The van der Waals surface area contributed by atoms with E-state index < -0.39 is 17.6 Å².